The number of carbonyl (C=O) groups excluding carboxylic acids is 5. The van der Waals surface area contributed by atoms with Crippen LogP contribution in [-0.4, -0.2) is 85.0 Å². The SMILES string of the molecule is CCC[C@H](NC(=O)[C@@H]1C[C@]2(C=C(c3ccc(OC)cc3OC)NO2)CN1C(=O)[C@@H](NC(=O)OCc1ccccc1)C(C)(C)C)C(=O)C(=O)NC1CC1. The molecule has 2 aromatic carbocycles. The van der Waals surface area contributed by atoms with Crippen molar-refractivity contribution in [3.05, 3.63) is 65.7 Å². The van der Waals surface area contributed by atoms with Crippen LogP contribution in [0.15, 0.2) is 54.6 Å². The summed E-state index contributed by atoms with van der Waals surface area (Å²) in [7, 11) is 3.08. The van der Waals surface area contributed by atoms with Crippen molar-refractivity contribution >= 4 is 35.3 Å². The third kappa shape index (κ3) is 9.02. The summed E-state index contributed by atoms with van der Waals surface area (Å²) in [5.74, 6) is -1.55. The van der Waals surface area contributed by atoms with Gasteiger partial charge in [-0.15, -0.1) is 0 Å². The van der Waals surface area contributed by atoms with Gasteiger partial charge >= 0.3 is 6.09 Å². The Morgan fingerprint density at radius 1 is 1.02 bits per heavy atom. The summed E-state index contributed by atoms with van der Waals surface area (Å²) in [6, 6.07) is 11.1. The fourth-order valence-corrected chi connectivity index (χ4v) is 6.34. The molecule has 0 aromatic heterocycles. The summed E-state index contributed by atoms with van der Waals surface area (Å²) in [5.41, 5.74) is 2.96. The van der Waals surface area contributed by atoms with Crippen LogP contribution in [0.1, 0.15) is 70.9 Å². The maximum atomic E-state index is 14.6. The Hall–Kier alpha value is -5.11. The second-order valence-electron chi connectivity index (χ2n) is 14.5. The highest BCUT2D eigenvalue weighted by Crippen LogP contribution is 2.41. The summed E-state index contributed by atoms with van der Waals surface area (Å²) < 4.78 is 16.4. The van der Waals surface area contributed by atoms with Crippen LogP contribution in [0.2, 0.25) is 0 Å². The van der Waals surface area contributed by atoms with Crippen LogP contribution in [0.3, 0.4) is 0 Å². The highest BCUT2D eigenvalue weighted by Gasteiger charge is 2.54. The summed E-state index contributed by atoms with van der Waals surface area (Å²) in [6.07, 6.45) is 3.38. The molecular weight excluding hydrogens is 670 g/mol. The zero-order valence-corrected chi connectivity index (χ0v) is 30.6. The van der Waals surface area contributed by atoms with Crippen molar-refractivity contribution in [2.24, 2.45) is 5.41 Å². The molecule has 0 unspecified atom stereocenters. The Morgan fingerprint density at radius 3 is 2.38 bits per heavy atom. The van der Waals surface area contributed by atoms with E-state index >= 15 is 0 Å². The minimum atomic E-state index is -1.18. The molecule has 5 rings (SSSR count). The van der Waals surface area contributed by atoms with Crippen molar-refractivity contribution in [2.75, 3.05) is 20.8 Å². The number of hydroxylamine groups is 1. The van der Waals surface area contributed by atoms with Crippen LogP contribution in [0.5, 0.6) is 11.5 Å². The number of alkyl carbamates (subject to hydrolysis) is 1. The number of hydrogen-bond donors (Lipinski definition) is 4. The van der Waals surface area contributed by atoms with E-state index in [9.17, 15) is 24.0 Å². The third-order valence-corrected chi connectivity index (χ3v) is 9.34. The zero-order chi connectivity index (χ0) is 37.6. The van der Waals surface area contributed by atoms with E-state index in [0.717, 1.165) is 18.4 Å². The summed E-state index contributed by atoms with van der Waals surface area (Å²) in [4.78, 5) is 75.3. The van der Waals surface area contributed by atoms with Crippen LogP contribution >= 0.6 is 0 Å². The van der Waals surface area contributed by atoms with E-state index < -0.39 is 58.7 Å². The fraction of sp³-hybridized carbons (Fsp3) is 0.500. The van der Waals surface area contributed by atoms with Gasteiger partial charge in [0.2, 0.25) is 17.6 Å². The minimum Gasteiger partial charge on any atom is -0.497 e. The molecular formula is C38H49N5O9. The van der Waals surface area contributed by atoms with E-state index in [0.29, 0.717) is 29.2 Å². The lowest BCUT2D eigenvalue weighted by Crippen LogP contribution is -2.59. The molecule has 4 N–H and O–H groups in total. The van der Waals surface area contributed by atoms with Crippen molar-refractivity contribution in [1.82, 2.24) is 26.3 Å². The molecule has 0 radical (unpaired) electrons. The van der Waals surface area contributed by atoms with Gasteiger partial charge in [-0.05, 0) is 48.4 Å². The molecule has 3 aliphatic rings. The smallest absolute Gasteiger partial charge is 0.408 e. The Bertz CT molecular complexity index is 1690. The van der Waals surface area contributed by atoms with Gasteiger partial charge < -0.3 is 35.1 Å². The summed E-state index contributed by atoms with van der Waals surface area (Å²) in [5, 5.41) is 8.20. The average Bonchev–Trinajstić information content (AvgIpc) is 3.73. The Kier molecular flexibility index (Phi) is 11.8. The van der Waals surface area contributed by atoms with Crippen LogP contribution in [-0.2, 0) is 35.4 Å². The summed E-state index contributed by atoms with van der Waals surface area (Å²) >= 11 is 0. The topological polar surface area (TPSA) is 174 Å². The number of methoxy groups -OCH3 is 2. The van der Waals surface area contributed by atoms with Gasteiger partial charge in [0, 0.05) is 24.1 Å². The van der Waals surface area contributed by atoms with Crippen molar-refractivity contribution < 1.29 is 43.0 Å². The fourth-order valence-electron chi connectivity index (χ4n) is 6.34. The molecule has 2 aromatic rings. The number of benzene rings is 2. The highest BCUT2D eigenvalue weighted by molar-refractivity contribution is 6.38. The van der Waals surface area contributed by atoms with Crippen molar-refractivity contribution in [3.8, 4) is 11.5 Å². The molecule has 4 atom stereocenters. The number of amides is 4. The van der Waals surface area contributed by atoms with Crippen molar-refractivity contribution in [3.63, 3.8) is 0 Å². The largest absolute Gasteiger partial charge is 0.497 e. The maximum Gasteiger partial charge on any atom is 0.408 e. The number of ether oxygens (including phenoxy) is 3. The van der Waals surface area contributed by atoms with Gasteiger partial charge in [0.1, 0.15) is 35.8 Å². The number of nitrogens with one attached hydrogen (secondary N) is 4. The van der Waals surface area contributed by atoms with E-state index in [1.165, 1.54) is 12.0 Å². The van der Waals surface area contributed by atoms with Crippen molar-refractivity contribution in [2.45, 2.75) is 96.2 Å². The van der Waals surface area contributed by atoms with Gasteiger partial charge in [-0.25, -0.2) is 4.79 Å². The first-order chi connectivity index (χ1) is 24.8. The van der Waals surface area contributed by atoms with Gasteiger partial charge in [0.05, 0.1) is 32.5 Å². The Balaban J connectivity index is 1.43. The third-order valence-electron chi connectivity index (χ3n) is 9.34. The standard InChI is InChI=1S/C38H49N5O9/c1-7-11-27(31(44)34(46)39-24-14-15-24)40-33(45)29-20-38(19-28(42-52-38)26-17-16-25(49-5)18-30(26)50-6)22-43(29)35(47)32(37(2,3)4)41-36(48)51-21-23-12-9-8-10-13-23/h8-10,12-13,16-19,24,27,29,32,42H,7,11,14-15,20-22H2,1-6H3,(H,39,46)(H,40,45)(H,41,48)/t27-,29-,32+,38+/m0/s1. The first-order valence-electron chi connectivity index (χ1n) is 17.6. The Labute approximate surface area is 303 Å². The molecule has 14 nitrogen and oxygen atoms in total. The molecule has 2 heterocycles. The number of likely N-dealkylation sites (tertiary alicyclic amines) is 1. The quantitative estimate of drug-likeness (QED) is 0.212. The van der Waals surface area contributed by atoms with E-state index in [1.54, 1.807) is 52.2 Å². The number of hydrogen-bond acceptors (Lipinski definition) is 10. The van der Waals surface area contributed by atoms with Gasteiger partial charge in [-0.2, -0.15) is 0 Å². The van der Waals surface area contributed by atoms with Gasteiger partial charge in [0.15, 0.2) is 0 Å². The van der Waals surface area contributed by atoms with E-state index in [-0.39, 0.29) is 32.0 Å². The number of nitrogens with zero attached hydrogens (tertiary/aromatic N) is 1. The average molecular weight is 720 g/mol. The second kappa shape index (κ2) is 16.1. The number of ketones is 1. The number of carbonyl (C=O) groups is 5. The van der Waals surface area contributed by atoms with Crippen LogP contribution in [0.25, 0.3) is 5.70 Å². The van der Waals surface area contributed by atoms with Crippen LogP contribution < -0.4 is 30.9 Å². The van der Waals surface area contributed by atoms with E-state index in [2.05, 4.69) is 21.4 Å². The van der Waals surface area contributed by atoms with Gasteiger partial charge in [-0.1, -0.05) is 64.4 Å². The molecule has 2 fully saturated rings. The second-order valence-corrected chi connectivity index (χ2v) is 14.5. The van der Waals surface area contributed by atoms with Crippen molar-refractivity contribution in [1.29, 1.82) is 0 Å². The molecule has 1 saturated heterocycles. The molecule has 52 heavy (non-hydrogen) atoms. The predicted octanol–water partition coefficient (Wildman–Crippen LogP) is 3.39. The molecule has 4 amide bonds. The number of rotatable bonds is 14. The first kappa shape index (κ1) is 38.1. The van der Waals surface area contributed by atoms with Crippen LogP contribution in [0, 0.1) is 5.41 Å². The van der Waals surface area contributed by atoms with Crippen LogP contribution in [0.4, 0.5) is 4.79 Å². The zero-order valence-electron chi connectivity index (χ0n) is 30.6. The monoisotopic (exact) mass is 719 g/mol. The lowest BCUT2D eigenvalue weighted by molar-refractivity contribution is -0.144. The minimum absolute atomic E-state index is 0.00133. The first-order valence-corrected chi connectivity index (χ1v) is 17.6. The molecule has 0 bridgehead atoms. The molecule has 14 heteroatoms. The summed E-state index contributed by atoms with van der Waals surface area (Å²) in [6.45, 7) is 7.16. The number of Topliss-reactive ketones (excluding diaryl/α,β-unsaturated/α-hetero) is 1. The Morgan fingerprint density at radius 2 is 1.75 bits per heavy atom. The molecule has 1 aliphatic carbocycles. The lowest BCUT2D eigenvalue weighted by atomic mass is 9.85. The predicted molar refractivity (Wildman–Crippen MR) is 191 cm³/mol. The lowest BCUT2D eigenvalue weighted by Gasteiger charge is -2.35. The normalized spacial score (nSPS) is 20.6. The molecule has 1 spiro atoms. The van der Waals surface area contributed by atoms with Gasteiger partial charge in [-0.3, -0.25) is 29.5 Å². The molecule has 280 valence electrons. The van der Waals surface area contributed by atoms with E-state index in [4.69, 9.17) is 19.0 Å². The van der Waals surface area contributed by atoms with E-state index in [1.807, 2.05) is 37.3 Å². The van der Waals surface area contributed by atoms with Gasteiger partial charge in [0.25, 0.3) is 5.91 Å². The maximum absolute atomic E-state index is 14.6. The highest BCUT2D eigenvalue weighted by atomic mass is 16.7. The molecule has 2 aliphatic heterocycles. The molecule has 1 saturated carbocycles.